The van der Waals surface area contributed by atoms with Gasteiger partial charge in [0.05, 0.1) is 19.3 Å². The predicted octanol–water partition coefficient (Wildman–Crippen LogP) is -0.215. The van der Waals surface area contributed by atoms with E-state index in [0.29, 0.717) is 19.4 Å². The van der Waals surface area contributed by atoms with Crippen LogP contribution in [0, 0.1) is 0 Å². The summed E-state index contributed by atoms with van der Waals surface area (Å²) in [6, 6.07) is -1.24. The van der Waals surface area contributed by atoms with Crippen molar-refractivity contribution >= 4 is 12.0 Å². The van der Waals surface area contributed by atoms with Crippen molar-refractivity contribution in [1.29, 1.82) is 0 Å². The van der Waals surface area contributed by atoms with Crippen LogP contribution in [-0.4, -0.2) is 65.1 Å². The van der Waals surface area contributed by atoms with Crippen LogP contribution in [0.25, 0.3) is 0 Å². The molecule has 1 saturated carbocycles. The highest BCUT2D eigenvalue weighted by Gasteiger charge is 2.34. The van der Waals surface area contributed by atoms with E-state index >= 15 is 0 Å². The molecule has 1 atom stereocenters. The Bertz CT molecular complexity index is 341. The van der Waals surface area contributed by atoms with Crippen LogP contribution in [0.4, 0.5) is 4.79 Å². The standard InChI is InChI=1S/C12H20N2O5/c15-9-3-1-8(2-4-9)13-12(18)14-5-6-19-7-10(14)11(16)17/h8-10,15H,1-7H2,(H,13,18)(H,16,17). The number of carbonyl (C=O) groups is 2. The van der Waals surface area contributed by atoms with Gasteiger partial charge in [-0.25, -0.2) is 9.59 Å². The molecule has 1 heterocycles. The number of hydrogen-bond donors (Lipinski definition) is 3. The van der Waals surface area contributed by atoms with Crippen molar-refractivity contribution in [2.24, 2.45) is 0 Å². The maximum absolute atomic E-state index is 12.1. The first-order chi connectivity index (χ1) is 9.08. The highest BCUT2D eigenvalue weighted by atomic mass is 16.5. The van der Waals surface area contributed by atoms with Gasteiger partial charge in [0.2, 0.25) is 0 Å². The summed E-state index contributed by atoms with van der Waals surface area (Å²) < 4.78 is 5.09. The lowest BCUT2D eigenvalue weighted by Crippen LogP contribution is -2.57. The molecule has 1 aliphatic heterocycles. The van der Waals surface area contributed by atoms with Gasteiger partial charge in [-0.2, -0.15) is 0 Å². The van der Waals surface area contributed by atoms with E-state index in [1.165, 1.54) is 4.90 Å². The number of carbonyl (C=O) groups excluding carboxylic acids is 1. The Labute approximate surface area is 111 Å². The number of hydrogen-bond acceptors (Lipinski definition) is 4. The summed E-state index contributed by atoms with van der Waals surface area (Å²) in [6.07, 6.45) is 2.54. The first-order valence-corrected chi connectivity index (χ1v) is 6.63. The minimum Gasteiger partial charge on any atom is -0.480 e. The lowest BCUT2D eigenvalue weighted by molar-refractivity contribution is -0.147. The molecule has 2 aliphatic rings. The van der Waals surface area contributed by atoms with Crippen molar-refractivity contribution in [2.45, 2.75) is 43.9 Å². The number of aliphatic hydroxyl groups is 1. The molecule has 0 aromatic heterocycles. The zero-order valence-corrected chi connectivity index (χ0v) is 10.7. The Morgan fingerprint density at radius 2 is 1.89 bits per heavy atom. The van der Waals surface area contributed by atoms with E-state index in [-0.39, 0.29) is 31.3 Å². The maximum atomic E-state index is 12.1. The monoisotopic (exact) mass is 272 g/mol. The Kier molecular flexibility index (Phi) is 4.60. The van der Waals surface area contributed by atoms with Crippen LogP contribution in [0.3, 0.4) is 0 Å². The summed E-state index contributed by atoms with van der Waals surface area (Å²) in [7, 11) is 0. The molecule has 2 amide bonds. The van der Waals surface area contributed by atoms with Gasteiger partial charge >= 0.3 is 12.0 Å². The van der Waals surface area contributed by atoms with Gasteiger partial charge in [-0.05, 0) is 25.7 Å². The quantitative estimate of drug-likeness (QED) is 0.645. The lowest BCUT2D eigenvalue weighted by atomic mass is 9.93. The van der Waals surface area contributed by atoms with Crippen molar-refractivity contribution < 1.29 is 24.5 Å². The maximum Gasteiger partial charge on any atom is 0.328 e. The molecule has 0 spiro atoms. The number of ether oxygens (including phenoxy) is 1. The number of nitrogens with zero attached hydrogens (tertiary/aromatic N) is 1. The molecular weight excluding hydrogens is 252 g/mol. The van der Waals surface area contributed by atoms with Crippen LogP contribution in [-0.2, 0) is 9.53 Å². The fourth-order valence-corrected chi connectivity index (χ4v) is 2.53. The molecule has 2 fully saturated rings. The lowest BCUT2D eigenvalue weighted by Gasteiger charge is -2.35. The summed E-state index contributed by atoms with van der Waals surface area (Å²) in [6.45, 7) is 0.685. The highest BCUT2D eigenvalue weighted by Crippen LogP contribution is 2.19. The first kappa shape index (κ1) is 14.1. The minimum absolute atomic E-state index is 0.0215. The van der Waals surface area contributed by atoms with Crippen LogP contribution >= 0.6 is 0 Å². The van der Waals surface area contributed by atoms with Crippen molar-refractivity contribution in [1.82, 2.24) is 10.2 Å². The molecular formula is C12H20N2O5. The smallest absolute Gasteiger partial charge is 0.328 e. The van der Waals surface area contributed by atoms with Crippen LogP contribution < -0.4 is 5.32 Å². The second kappa shape index (κ2) is 6.21. The third-order valence-electron chi connectivity index (χ3n) is 3.70. The summed E-state index contributed by atoms with van der Waals surface area (Å²) in [4.78, 5) is 24.5. The number of aliphatic hydroxyl groups excluding tert-OH is 1. The molecule has 2 rings (SSSR count). The van der Waals surface area contributed by atoms with E-state index in [9.17, 15) is 14.7 Å². The molecule has 7 nitrogen and oxygen atoms in total. The van der Waals surface area contributed by atoms with Gasteiger partial charge in [-0.1, -0.05) is 0 Å². The highest BCUT2D eigenvalue weighted by molar-refractivity contribution is 5.83. The zero-order chi connectivity index (χ0) is 13.8. The number of carboxylic acid groups (broad SMARTS) is 1. The molecule has 3 N–H and O–H groups in total. The second-order valence-corrected chi connectivity index (χ2v) is 5.08. The number of rotatable bonds is 2. The summed E-state index contributed by atoms with van der Waals surface area (Å²) in [5.41, 5.74) is 0. The van der Waals surface area contributed by atoms with Gasteiger partial charge in [0.1, 0.15) is 0 Å². The molecule has 1 unspecified atom stereocenters. The van der Waals surface area contributed by atoms with Crippen LogP contribution in [0.1, 0.15) is 25.7 Å². The largest absolute Gasteiger partial charge is 0.480 e. The average Bonchev–Trinajstić information content (AvgIpc) is 2.41. The van der Waals surface area contributed by atoms with Crippen molar-refractivity contribution in [3.05, 3.63) is 0 Å². The van der Waals surface area contributed by atoms with Crippen molar-refractivity contribution in [2.75, 3.05) is 19.8 Å². The molecule has 0 radical (unpaired) electrons. The van der Waals surface area contributed by atoms with E-state index in [2.05, 4.69) is 5.32 Å². The fraction of sp³-hybridized carbons (Fsp3) is 0.833. The van der Waals surface area contributed by atoms with Crippen LogP contribution in [0.15, 0.2) is 0 Å². The molecule has 0 aromatic rings. The summed E-state index contributed by atoms with van der Waals surface area (Å²) in [5.74, 6) is -1.05. The van der Waals surface area contributed by atoms with Gasteiger partial charge in [0.25, 0.3) is 0 Å². The number of nitrogens with one attached hydrogen (secondary N) is 1. The van der Waals surface area contributed by atoms with Gasteiger partial charge in [0, 0.05) is 12.6 Å². The van der Waals surface area contributed by atoms with Gasteiger partial charge < -0.3 is 25.2 Å². The molecule has 19 heavy (non-hydrogen) atoms. The first-order valence-electron chi connectivity index (χ1n) is 6.63. The number of morpholine rings is 1. The second-order valence-electron chi connectivity index (χ2n) is 5.08. The number of amides is 2. The van der Waals surface area contributed by atoms with Gasteiger partial charge in [-0.15, -0.1) is 0 Å². The molecule has 7 heteroatoms. The number of urea groups is 1. The fourth-order valence-electron chi connectivity index (χ4n) is 2.53. The SMILES string of the molecule is O=C(O)C1COCCN1C(=O)NC1CCC(O)CC1. The van der Waals surface area contributed by atoms with E-state index in [4.69, 9.17) is 9.84 Å². The molecule has 108 valence electrons. The molecule has 1 saturated heterocycles. The summed E-state index contributed by atoms with van der Waals surface area (Å²) in [5, 5.41) is 21.3. The summed E-state index contributed by atoms with van der Waals surface area (Å²) >= 11 is 0. The molecule has 0 bridgehead atoms. The van der Waals surface area contributed by atoms with Crippen LogP contribution in [0.2, 0.25) is 0 Å². The minimum atomic E-state index is -1.05. The number of aliphatic carboxylic acids is 1. The normalized spacial score (nSPS) is 31.8. The van der Waals surface area contributed by atoms with E-state index < -0.39 is 12.0 Å². The average molecular weight is 272 g/mol. The Hall–Kier alpha value is -1.34. The Balaban J connectivity index is 1.89. The van der Waals surface area contributed by atoms with Crippen molar-refractivity contribution in [3.63, 3.8) is 0 Å². The predicted molar refractivity (Wildman–Crippen MR) is 65.7 cm³/mol. The van der Waals surface area contributed by atoms with Crippen LogP contribution in [0.5, 0.6) is 0 Å². The van der Waals surface area contributed by atoms with Gasteiger partial charge in [0.15, 0.2) is 6.04 Å². The number of carboxylic acids is 1. The van der Waals surface area contributed by atoms with E-state index in [0.717, 1.165) is 12.8 Å². The Morgan fingerprint density at radius 3 is 2.53 bits per heavy atom. The van der Waals surface area contributed by atoms with Crippen molar-refractivity contribution in [3.8, 4) is 0 Å². The topological polar surface area (TPSA) is 99.1 Å². The van der Waals surface area contributed by atoms with E-state index in [1.807, 2.05) is 0 Å². The Morgan fingerprint density at radius 1 is 1.21 bits per heavy atom. The third kappa shape index (κ3) is 3.57. The molecule has 1 aliphatic carbocycles. The zero-order valence-electron chi connectivity index (χ0n) is 10.7. The third-order valence-corrected chi connectivity index (χ3v) is 3.70. The van der Waals surface area contributed by atoms with Gasteiger partial charge in [-0.3, -0.25) is 0 Å². The van der Waals surface area contributed by atoms with E-state index in [1.54, 1.807) is 0 Å². The molecule has 0 aromatic carbocycles.